The van der Waals surface area contributed by atoms with Gasteiger partial charge in [-0.25, -0.2) is 4.98 Å². The van der Waals surface area contributed by atoms with Gasteiger partial charge in [0.1, 0.15) is 0 Å². The SMILES string of the molecule is Brc1ccc(-c2c3cc(Br)ccc3nc3ccc(Br)cc23)cc1. The van der Waals surface area contributed by atoms with E-state index in [1.54, 1.807) is 0 Å². The molecule has 0 fully saturated rings. The lowest BCUT2D eigenvalue weighted by Crippen LogP contribution is -1.89. The van der Waals surface area contributed by atoms with Crippen LogP contribution in [0.3, 0.4) is 0 Å². The van der Waals surface area contributed by atoms with E-state index in [9.17, 15) is 0 Å². The lowest BCUT2D eigenvalue weighted by atomic mass is 9.96. The molecule has 0 aliphatic rings. The van der Waals surface area contributed by atoms with Gasteiger partial charge in [0, 0.05) is 29.8 Å². The van der Waals surface area contributed by atoms with E-state index < -0.39 is 0 Å². The van der Waals surface area contributed by atoms with Gasteiger partial charge in [0.25, 0.3) is 0 Å². The predicted octanol–water partition coefficient (Wildman–Crippen LogP) is 7.34. The zero-order valence-electron chi connectivity index (χ0n) is 11.9. The van der Waals surface area contributed by atoms with Crippen LogP contribution < -0.4 is 0 Å². The largest absolute Gasteiger partial charge is 0.248 e. The van der Waals surface area contributed by atoms with Crippen molar-refractivity contribution in [2.24, 2.45) is 0 Å². The Bertz CT molecular complexity index is 980. The first kappa shape index (κ1) is 15.3. The molecule has 0 atom stereocenters. The standard InChI is InChI=1S/C19H10Br3N/c20-12-3-1-11(2-4-12)19-15-9-13(21)5-7-17(15)23-18-8-6-14(22)10-16(18)19/h1-10H. The van der Waals surface area contributed by atoms with Crippen LogP contribution in [-0.2, 0) is 0 Å². The summed E-state index contributed by atoms with van der Waals surface area (Å²) in [4.78, 5) is 4.81. The van der Waals surface area contributed by atoms with Gasteiger partial charge in [-0.1, -0.05) is 59.9 Å². The van der Waals surface area contributed by atoms with E-state index in [0.717, 1.165) is 35.2 Å². The van der Waals surface area contributed by atoms with Crippen molar-refractivity contribution >= 4 is 69.6 Å². The van der Waals surface area contributed by atoms with Crippen molar-refractivity contribution in [2.45, 2.75) is 0 Å². The summed E-state index contributed by atoms with van der Waals surface area (Å²) in [6, 6.07) is 20.9. The normalized spacial score (nSPS) is 11.3. The highest BCUT2D eigenvalue weighted by molar-refractivity contribution is 9.11. The van der Waals surface area contributed by atoms with Crippen molar-refractivity contribution in [2.75, 3.05) is 0 Å². The van der Waals surface area contributed by atoms with Gasteiger partial charge in [-0.3, -0.25) is 0 Å². The van der Waals surface area contributed by atoms with E-state index in [-0.39, 0.29) is 0 Å². The van der Waals surface area contributed by atoms with E-state index in [2.05, 4.69) is 96.3 Å². The Labute approximate surface area is 159 Å². The van der Waals surface area contributed by atoms with E-state index >= 15 is 0 Å². The molecule has 0 saturated heterocycles. The summed E-state index contributed by atoms with van der Waals surface area (Å²) in [5, 5.41) is 2.29. The van der Waals surface area contributed by atoms with Crippen molar-refractivity contribution in [1.29, 1.82) is 0 Å². The van der Waals surface area contributed by atoms with Gasteiger partial charge in [0.05, 0.1) is 11.0 Å². The number of fused-ring (bicyclic) bond motifs is 2. The second-order valence-electron chi connectivity index (χ2n) is 5.32. The van der Waals surface area contributed by atoms with Crippen LogP contribution in [0.4, 0.5) is 0 Å². The molecule has 0 amide bonds. The Morgan fingerprint density at radius 2 is 1.04 bits per heavy atom. The van der Waals surface area contributed by atoms with Crippen LogP contribution in [0.15, 0.2) is 74.1 Å². The second-order valence-corrected chi connectivity index (χ2v) is 8.06. The predicted molar refractivity (Wildman–Crippen MR) is 108 cm³/mol. The molecule has 0 N–H and O–H groups in total. The van der Waals surface area contributed by atoms with Crippen LogP contribution in [0.2, 0.25) is 0 Å². The first-order chi connectivity index (χ1) is 11.1. The molecule has 1 aromatic heterocycles. The minimum absolute atomic E-state index is 1.00. The molecule has 112 valence electrons. The van der Waals surface area contributed by atoms with Crippen molar-refractivity contribution in [3.8, 4) is 11.1 Å². The molecule has 0 spiro atoms. The molecule has 0 aliphatic carbocycles. The third-order valence-corrected chi connectivity index (χ3v) is 5.34. The number of hydrogen-bond donors (Lipinski definition) is 0. The van der Waals surface area contributed by atoms with E-state index in [1.165, 1.54) is 11.1 Å². The minimum atomic E-state index is 1.00. The smallest absolute Gasteiger partial charge is 0.0716 e. The highest BCUT2D eigenvalue weighted by Gasteiger charge is 2.12. The summed E-state index contributed by atoms with van der Waals surface area (Å²) >= 11 is 10.7. The lowest BCUT2D eigenvalue weighted by Gasteiger charge is -2.12. The third-order valence-electron chi connectivity index (χ3n) is 3.83. The fraction of sp³-hybridized carbons (Fsp3) is 0. The summed E-state index contributed by atoms with van der Waals surface area (Å²) in [7, 11) is 0. The van der Waals surface area contributed by atoms with Crippen LogP contribution in [-0.4, -0.2) is 4.98 Å². The zero-order chi connectivity index (χ0) is 16.0. The minimum Gasteiger partial charge on any atom is -0.248 e. The van der Waals surface area contributed by atoms with Gasteiger partial charge < -0.3 is 0 Å². The highest BCUT2D eigenvalue weighted by atomic mass is 79.9. The number of benzene rings is 3. The maximum absolute atomic E-state index is 4.81. The van der Waals surface area contributed by atoms with Crippen molar-refractivity contribution in [3.05, 3.63) is 74.1 Å². The average Bonchev–Trinajstić information content (AvgIpc) is 2.54. The Morgan fingerprint density at radius 1 is 0.565 bits per heavy atom. The zero-order valence-corrected chi connectivity index (χ0v) is 16.6. The molecule has 4 rings (SSSR count). The van der Waals surface area contributed by atoms with Gasteiger partial charge in [0.2, 0.25) is 0 Å². The summed E-state index contributed by atoms with van der Waals surface area (Å²) < 4.78 is 3.19. The summed E-state index contributed by atoms with van der Waals surface area (Å²) in [6.07, 6.45) is 0. The quantitative estimate of drug-likeness (QED) is 0.254. The van der Waals surface area contributed by atoms with Crippen LogP contribution >= 0.6 is 47.8 Å². The molecule has 3 aromatic carbocycles. The van der Waals surface area contributed by atoms with Gasteiger partial charge in [0.15, 0.2) is 0 Å². The van der Waals surface area contributed by atoms with Crippen LogP contribution in [0.25, 0.3) is 32.9 Å². The summed E-state index contributed by atoms with van der Waals surface area (Å²) in [6.45, 7) is 0. The Hall–Kier alpha value is -1.23. The third kappa shape index (κ3) is 2.84. The fourth-order valence-electron chi connectivity index (χ4n) is 2.81. The number of pyridine rings is 1. The number of rotatable bonds is 1. The number of aromatic nitrogens is 1. The molecule has 4 aromatic rings. The Kier molecular flexibility index (Phi) is 4.00. The number of nitrogens with zero attached hydrogens (tertiary/aromatic N) is 1. The molecule has 1 heterocycles. The van der Waals surface area contributed by atoms with Crippen LogP contribution in [0.5, 0.6) is 0 Å². The van der Waals surface area contributed by atoms with E-state index in [1.807, 2.05) is 12.1 Å². The molecule has 0 bridgehead atoms. The average molecular weight is 492 g/mol. The van der Waals surface area contributed by atoms with Gasteiger partial charge in [-0.2, -0.15) is 0 Å². The Morgan fingerprint density at radius 3 is 1.57 bits per heavy atom. The number of hydrogen-bond acceptors (Lipinski definition) is 1. The van der Waals surface area contributed by atoms with Gasteiger partial charge >= 0.3 is 0 Å². The fourth-order valence-corrected chi connectivity index (χ4v) is 3.80. The van der Waals surface area contributed by atoms with Gasteiger partial charge in [-0.15, -0.1) is 0 Å². The number of halogens is 3. The van der Waals surface area contributed by atoms with Crippen molar-refractivity contribution in [1.82, 2.24) is 4.98 Å². The van der Waals surface area contributed by atoms with Crippen LogP contribution in [0.1, 0.15) is 0 Å². The molecule has 0 radical (unpaired) electrons. The molecule has 1 nitrogen and oxygen atoms in total. The molecular formula is C19H10Br3N. The second kappa shape index (κ2) is 6.00. The van der Waals surface area contributed by atoms with Gasteiger partial charge in [-0.05, 0) is 54.1 Å². The topological polar surface area (TPSA) is 12.9 Å². The molecule has 23 heavy (non-hydrogen) atoms. The van der Waals surface area contributed by atoms with E-state index in [4.69, 9.17) is 4.98 Å². The molecular weight excluding hydrogens is 482 g/mol. The van der Waals surface area contributed by atoms with Crippen molar-refractivity contribution < 1.29 is 0 Å². The van der Waals surface area contributed by atoms with Crippen LogP contribution in [0, 0.1) is 0 Å². The summed E-state index contributed by atoms with van der Waals surface area (Å²) in [5.41, 5.74) is 4.39. The molecule has 0 saturated carbocycles. The monoisotopic (exact) mass is 489 g/mol. The Balaban J connectivity index is 2.20. The van der Waals surface area contributed by atoms with E-state index in [0.29, 0.717) is 0 Å². The summed E-state index contributed by atoms with van der Waals surface area (Å²) in [5.74, 6) is 0. The lowest BCUT2D eigenvalue weighted by molar-refractivity contribution is 1.48. The van der Waals surface area contributed by atoms with Crippen molar-refractivity contribution in [3.63, 3.8) is 0 Å². The maximum atomic E-state index is 4.81. The molecule has 0 aliphatic heterocycles. The molecule has 0 unspecified atom stereocenters. The molecule has 4 heteroatoms. The maximum Gasteiger partial charge on any atom is 0.0716 e. The first-order valence-electron chi connectivity index (χ1n) is 7.06. The highest BCUT2D eigenvalue weighted by Crippen LogP contribution is 2.37. The first-order valence-corrected chi connectivity index (χ1v) is 9.44.